The van der Waals surface area contributed by atoms with Crippen molar-refractivity contribution in [1.29, 1.82) is 0 Å². The van der Waals surface area contributed by atoms with Crippen LogP contribution in [0.5, 0.6) is 0 Å². The van der Waals surface area contributed by atoms with Crippen molar-refractivity contribution >= 4 is 17.3 Å². The fraction of sp³-hybridized carbons (Fsp3) is 0.417. The molecular weight excluding hydrogens is 448 g/mol. The van der Waals surface area contributed by atoms with Crippen LogP contribution in [0.3, 0.4) is 0 Å². The fourth-order valence-corrected chi connectivity index (χ4v) is 4.90. The van der Waals surface area contributed by atoms with Gasteiger partial charge in [-0.25, -0.2) is 18.4 Å². The Morgan fingerprint density at radius 3 is 2.61 bits per heavy atom. The van der Waals surface area contributed by atoms with Crippen LogP contribution in [0, 0.1) is 11.6 Å². The maximum absolute atomic E-state index is 14.8. The van der Waals surface area contributed by atoms with Gasteiger partial charge in [0, 0.05) is 54.6 Å². The number of hydrogen-bond donors (Lipinski definition) is 1. The summed E-state index contributed by atoms with van der Waals surface area (Å²) in [5.74, 6) is -1.46. The summed E-state index contributed by atoms with van der Waals surface area (Å²) in [6.07, 6.45) is 4.59. The summed E-state index contributed by atoms with van der Waals surface area (Å²) >= 11 is 6.15. The molecule has 0 amide bonds. The Kier molecular flexibility index (Phi) is 6.97. The highest BCUT2D eigenvalue weighted by Gasteiger charge is 2.43. The van der Waals surface area contributed by atoms with E-state index in [-0.39, 0.29) is 12.1 Å². The predicted octanol–water partition coefficient (Wildman–Crippen LogP) is 4.09. The molecule has 6 nitrogen and oxygen atoms in total. The minimum Gasteiger partial charge on any atom is -0.381 e. The summed E-state index contributed by atoms with van der Waals surface area (Å²) in [5, 5.41) is 16.6. The number of anilines is 1. The Hall–Kier alpha value is -2.55. The molecule has 176 valence electrons. The molecule has 0 aliphatic carbocycles. The number of halogens is 3. The molecule has 1 fully saturated rings. The van der Waals surface area contributed by atoms with Gasteiger partial charge in [0.05, 0.1) is 6.54 Å². The Bertz CT molecular complexity index is 1070. The normalized spacial score (nSPS) is 18.1. The lowest BCUT2D eigenvalue weighted by Crippen LogP contribution is -2.55. The Morgan fingerprint density at radius 1 is 1.21 bits per heavy atom. The summed E-state index contributed by atoms with van der Waals surface area (Å²) in [6.45, 7) is 3.32. The van der Waals surface area contributed by atoms with Gasteiger partial charge in [0.25, 0.3) is 0 Å². The van der Waals surface area contributed by atoms with Gasteiger partial charge in [-0.1, -0.05) is 23.7 Å². The number of hydrogen-bond acceptors (Lipinski definition) is 5. The van der Waals surface area contributed by atoms with Crippen molar-refractivity contribution in [3.05, 3.63) is 77.3 Å². The van der Waals surface area contributed by atoms with Crippen molar-refractivity contribution in [2.24, 2.45) is 0 Å². The smallest absolute Gasteiger partial charge is 0.137 e. The average Bonchev–Trinajstić information content (AvgIpc) is 3.31. The maximum Gasteiger partial charge on any atom is 0.137 e. The third-order valence-corrected chi connectivity index (χ3v) is 7.00. The van der Waals surface area contributed by atoms with E-state index in [1.54, 1.807) is 0 Å². The molecule has 0 bridgehead atoms. The molecule has 1 aromatic heterocycles. The van der Waals surface area contributed by atoms with Crippen LogP contribution >= 0.6 is 11.6 Å². The maximum atomic E-state index is 14.8. The lowest BCUT2D eigenvalue weighted by molar-refractivity contribution is -0.0690. The van der Waals surface area contributed by atoms with Crippen LogP contribution in [-0.2, 0) is 12.1 Å². The molecule has 0 radical (unpaired) electrons. The van der Waals surface area contributed by atoms with E-state index >= 15 is 0 Å². The van der Waals surface area contributed by atoms with Gasteiger partial charge in [0.15, 0.2) is 0 Å². The van der Waals surface area contributed by atoms with Gasteiger partial charge in [0.1, 0.15) is 29.9 Å². The van der Waals surface area contributed by atoms with Crippen molar-refractivity contribution in [1.82, 2.24) is 19.7 Å². The van der Waals surface area contributed by atoms with E-state index in [0.717, 1.165) is 37.7 Å². The highest BCUT2D eigenvalue weighted by Crippen LogP contribution is 2.34. The molecule has 2 atom stereocenters. The second kappa shape index (κ2) is 9.75. The highest BCUT2D eigenvalue weighted by atomic mass is 35.5. The van der Waals surface area contributed by atoms with Gasteiger partial charge < -0.3 is 10.0 Å². The van der Waals surface area contributed by atoms with Gasteiger partial charge >= 0.3 is 0 Å². The first-order chi connectivity index (χ1) is 15.8. The number of piperidine rings is 1. The van der Waals surface area contributed by atoms with E-state index in [2.05, 4.69) is 26.9 Å². The minimum absolute atomic E-state index is 0.000928. The zero-order valence-corrected chi connectivity index (χ0v) is 19.5. The van der Waals surface area contributed by atoms with Crippen molar-refractivity contribution in [2.75, 3.05) is 25.0 Å². The highest BCUT2D eigenvalue weighted by molar-refractivity contribution is 6.30. The Balaban J connectivity index is 1.53. The summed E-state index contributed by atoms with van der Waals surface area (Å²) < 4.78 is 29.9. The van der Waals surface area contributed by atoms with E-state index in [0.29, 0.717) is 11.1 Å². The molecule has 1 unspecified atom stereocenters. The third-order valence-electron chi connectivity index (χ3n) is 6.77. The van der Waals surface area contributed by atoms with E-state index in [4.69, 9.17) is 11.6 Å². The Morgan fingerprint density at radius 2 is 1.97 bits per heavy atom. The van der Waals surface area contributed by atoms with E-state index in [1.165, 1.54) is 29.5 Å². The number of nitrogens with zero attached hydrogens (tertiary/aromatic N) is 5. The van der Waals surface area contributed by atoms with E-state index in [1.807, 2.05) is 31.2 Å². The zero-order chi connectivity index (χ0) is 23.6. The van der Waals surface area contributed by atoms with Crippen LogP contribution in [0.1, 0.15) is 25.3 Å². The van der Waals surface area contributed by atoms with Gasteiger partial charge in [-0.2, -0.15) is 5.10 Å². The van der Waals surface area contributed by atoms with Crippen LogP contribution in [0.4, 0.5) is 14.5 Å². The number of aliphatic hydroxyl groups is 1. The summed E-state index contributed by atoms with van der Waals surface area (Å²) in [5.41, 5.74) is -0.521. The van der Waals surface area contributed by atoms with Crippen LogP contribution < -0.4 is 4.90 Å². The van der Waals surface area contributed by atoms with Crippen molar-refractivity contribution in [3.63, 3.8) is 0 Å². The second-order valence-electron chi connectivity index (χ2n) is 8.68. The largest absolute Gasteiger partial charge is 0.381 e. The monoisotopic (exact) mass is 475 g/mol. The second-order valence-corrected chi connectivity index (χ2v) is 9.11. The topological polar surface area (TPSA) is 57.4 Å². The van der Waals surface area contributed by atoms with E-state index < -0.39 is 23.3 Å². The molecule has 3 aromatic rings. The number of likely N-dealkylation sites (tertiary alicyclic amines) is 1. The van der Waals surface area contributed by atoms with Gasteiger partial charge in [0.2, 0.25) is 0 Å². The SMILES string of the molecule is C[C@@H](N1CCC(N(C)c2cccc(Cl)c2)CC1)C(O)(Cn1cncn1)c1ccc(F)cc1F. The first kappa shape index (κ1) is 23.6. The van der Waals surface area contributed by atoms with Crippen molar-refractivity contribution in [2.45, 2.75) is 44.0 Å². The van der Waals surface area contributed by atoms with Crippen LogP contribution in [0.15, 0.2) is 55.1 Å². The number of benzene rings is 2. The summed E-state index contributed by atoms with van der Waals surface area (Å²) in [7, 11) is 2.06. The lowest BCUT2D eigenvalue weighted by Gasteiger charge is -2.45. The minimum atomic E-state index is -1.63. The number of rotatable bonds is 7. The molecule has 4 rings (SSSR count). The van der Waals surface area contributed by atoms with Crippen LogP contribution in [-0.4, -0.2) is 57.0 Å². The van der Waals surface area contributed by atoms with Gasteiger partial charge in [-0.05, 0) is 44.0 Å². The lowest BCUT2D eigenvalue weighted by atomic mass is 9.84. The zero-order valence-electron chi connectivity index (χ0n) is 18.7. The van der Waals surface area contributed by atoms with Crippen LogP contribution in [0.25, 0.3) is 0 Å². The quantitative estimate of drug-likeness (QED) is 0.558. The van der Waals surface area contributed by atoms with Crippen molar-refractivity contribution in [3.8, 4) is 0 Å². The molecule has 1 saturated heterocycles. The molecule has 9 heteroatoms. The average molecular weight is 476 g/mol. The van der Waals surface area contributed by atoms with Crippen LogP contribution in [0.2, 0.25) is 5.02 Å². The first-order valence-corrected chi connectivity index (χ1v) is 11.4. The Labute approximate surface area is 197 Å². The number of aromatic nitrogens is 3. The standard InChI is InChI=1S/C24H28ClF2N5O/c1-17(31-10-8-20(9-11-31)30(2)21-5-3-4-18(25)12-21)24(33,14-32-16-28-15-29-32)22-7-6-19(26)13-23(22)27/h3-7,12-13,15-17,20,33H,8-11,14H2,1-2H3/t17-,24?/m1/s1. The molecule has 1 N–H and O–H groups in total. The van der Waals surface area contributed by atoms with Gasteiger partial charge in [-0.3, -0.25) is 4.90 Å². The predicted molar refractivity (Wildman–Crippen MR) is 124 cm³/mol. The molecule has 1 aliphatic heterocycles. The third kappa shape index (κ3) is 5.03. The van der Waals surface area contributed by atoms with Crippen molar-refractivity contribution < 1.29 is 13.9 Å². The molecule has 33 heavy (non-hydrogen) atoms. The summed E-state index contributed by atoms with van der Waals surface area (Å²) in [4.78, 5) is 8.32. The first-order valence-electron chi connectivity index (χ1n) is 11.0. The molecular formula is C24H28ClF2N5O. The molecule has 1 aliphatic rings. The molecule has 2 aromatic carbocycles. The van der Waals surface area contributed by atoms with Gasteiger partial charge in [-0.15, -0.1) is 0 Å². The van der Waals surface area contributed by atoms with E-state index in [9.17, 15) is 13.9 Å². The molecule has 2 heterocycles. The summed E-state index contributed by atoms with van der Waals surface area (Å²) in [6, 6.07) is 10.9. The molecule has 0 saturated carbocycles. The molecule has 0 spiro atoms. The fourth-order valence-electron chi connectivity index (χ4n) is 4.71.